The summed E-state index contributed by atoms with van der Waals surface area (Å²) in [7, 11) is 0. The number of nitrogens with one attached hydrogen (secondary N) is 2. The first-order valence-corrected chi connectivity index (χ1v) is 6.53. The van der Waals surface area contributed by atoms with Crippen molar-refractivity contribution in [3.05, 3.63) is 46.0 Å². The number of aryl methyl sites for hydroxylation is 1. The average Bonchev–Trinajstić information content (AvgIpc) is 2.44. The molecule has 0 aliphatic heterocycles. The van der Waals surface area contributed by atoms with E-state index in [0.717, 1.165) is 11.3 Å². The molecule has 0 amide bonds. The molecule has 1 aromatic heterocycles. The van der Waals surface area contributed by atoms with Gasteiger partial charge in [0.25, 0.3) is 0 Å². The molecule has 2 rings (SSSR count). The van der Waals surface area contributed by atoms with Gasteiger partial charge in [0, 0.05) is 0 Å². The predicted molar refractivity (Wildman–Crippen MR) is 80.8 cm³/mol. The summed E-state index contributed by atoms with van der Waals surface area (Å²) in [6.45, 7) is 5.67. The van der Waals surface area contributed by atoms with Crippen molar-refractivity contribution in [2.45, 2.75) is 26.9 Å². The van der Waals surface area contributed by atoms with Crippen LogP contribution < -0.4 is 15.9 Å². The van der Waals surface area contributed by atoms with Crippen molar-refractivity contribution < 1.29 is 4.74 Å². The van der Waals surface area contributed by atoms with Crippen LogP contribution in [0.5, 0.6) is 5.75 Å². The van der Waals surface area contributed by atoms with Gasteiger partial charge in [0.15, 0.2) is 5.82 Å². The maximum Gasteiger partial charge on any atom is 0.363 e. The van der Waals surface area contributed by atoms with E-state index in [1.807, 2.05) is 38.1 Å². The van der Waals surface area contributed by atoms with Crippen LogP contribution >= 0.6 is 0 Å². The first-order chi connectivity index (χ1) is 10.0. The van der Waals surface area contributed by atoms with Gasteiger partial charge in [-0.2, -0.15) is 15.2 Å². The third-order valence-corrected chi connectivity index (χ3v) is 2.51. The van der Waals surface area contributed by atoms with E-state index in [1.54, 1.807) is 13.1 Å². The Morgan fingerprint density at radius 1 is 1.33 bits per heavy atom. The van der Waals surface area contributed by atoms with Crippen LogP contribution in [-0.2, 0) is 0 Å². The highest BCUT2D eigenvalue weighted by Gasteiger charge is 2.00. The van der Waals surface area contributed by atoms with Crippen molar-refractivity contribution in [1.82, 2.24) is 15.2 Å². The summed E-state index contributed by atoms with van der Waals surface area (Å²) in [6.07, 6.45) is 1.77. The van der Waals surface area contributed by atoms with E-state index in [4.69, 9.17) is 4.74 Å². The number of aromatic amines is 1. The van der Waals surface area contributed by atoms with Gasteiger partial charge in [-0.25, -0.2) is 9.89 Å². The van der Waals surface area contributed by atoms with Crippen LogP contribution in [0.1, 0.15) is 25.1 Å². The molecule has 0 aliphatic rings. The molecule has 2 aromatic rings. The minimum atomic E-state index is -0.520. The van der Waals surface area contributed by atoms with Crippen molar-refractivity contribution in [2.75, 3.05) is 5.43 Å². The number of hydrogen-bond donors (Lipinski definition) is 2. The van der Waals surface area contributed by atoms with Gasteiger partial charge < -0.3 is 4.74 Å². The number of rotatable bonds is 5. The van der Waals surface area contributed by atoms with Gasteiger partial charge in [-0.1, -0.05) is 0 Å². The highest BCUT2D eigenvalue weighted by atomic mass is 16.5. The molecule has 1 aromatic carbocycles. The molecule has 0 bridgehead atoms. The van der Waals surface area contributed by atoms with Gasteiger partial charge >= 0.3 is 5.69 Å². The summed E-state index contributed by atoms with van der Waals surface area (Å²) >= 11 is 0. The molecule has 110 valence electrons. The Morgan fingerprint density at radius 3 is 2.71 bits per heavy atom. The molecule has 7 heteroatoms. The smallest absolute Gasteiger partial charge is 0.363 e. The summed E-state index contributed by atoms with van der Waals surface area (Å²) in [5, 5.41) is 10.1. The highest BCUT2D eigenvalue weighted by Crippen LogP contribution is 2.13. The Kier molecular flexibility index (Phi) is 4.65. The SMILES string of the molecule is Cc1n[nH]c(=O)nc1NN=Cc1ccc(OC(C)C)cc1. The van der Waals surface area contributed by atoms with Crippen molar-refractivity contribution in [2.24, 2.45) is 5.10 Å². The van der Waals surface area contributed by atoms with Gasteiger partial charge in [0.1, 0.15) is 11.4 Å². The third-order valence-electron chi connectivity index (χ3n) is 2.51. The van der Waals surface area contributed by atoms with Gasteiger partial charge in [-0.3, -0.25) is 5.43 Å². The molecule has 0 radical (unpaired) electrons. The molecule has 2 N–H and O–H groups in total. The molecular formula is C14H17N5O2. The first kappa shape index (κ1) is 14.7. The standard InChI is InChI=1S/C14H17N5O2/c1-9(2)21-12-6-4-11(5-7-12)8-15-18-13-10(3)17-19-14(20)16-13/h4-9H,1-3H3,(H2,16,18,19,20). The maximum absolute atomic E-state index is 11.1. The molecule has 0 aliphatic carbocycles. The predicted octanol–water partition coefficient (Wildman–Crippen LogP) is 1.71. The third kappa shape index (κ3) is 4.41. The van der Waals surface area contributed by atoms with Crippen LogP contribution in [0.2, 0.25) is 0 Å². The second kappa shape index (κ2) is 6.65. The average molecular weight is 287 g/mol. The monoisotopic (exact) mass is 287 g/mol. The number of H-pyrrole nitrogens is 1. The van der Waals surface area contributed by atoms with Crippen molar-refractivity contribution in [3.63, 3.8) is 0 Å². The Labute approximate surface area is 122 Å². The maximum atomic E-state index is 11.1. The summed E-state index contributed by atoms with van der Waals surface area (Å²) in [6, 6.07) is 7.53. The molecule has 0 unspecified atom stereocenters. The van der Waals surface area contributed by atoms with E-state index in [0.29, 0.717) is 11.5 Å². The highest BCUT2D eigenvalue weighted by molar-refractivity contribution is 5.80. The second-order valence-electron chi connectivity index (χ2n) is 4.68. The van der Waals surface area contributed by atoms with Crippen LogP contribution in [0.4, 0.5) is 5.82 Å². The number of benzene rings is 1. The van der Waals surface area contributed by atoms with Gasteiger partial charge in [0.05, 0.1) is 12.3 Å². The number of anilines is 1. The molecule has 0 fully saturated rings. The van der Waals surface area contributed by atoms with Crippen LogP contribution in [0.15, 0.2) is 34.2 Å². The van der Waals surface area contributed by atoms with Crippen molar-refractivity contribution in [3.8, 4) is 5.75 Å². The molecule has 0 saturated heterocycles. The summed E-state index contributed by atoms with van der Waals surface area (Å²) in [5.41, 5.74) is 3.63. The Morgan fingerprint density at radius 2 is 2.05 bits per heavy atom. The zero-order chi connectivity index (χ0) is 15.2. The zero-order valence-corrected chi connectivity index (χ0v) is 12.1. The van der Waals surface area contributed by atoms with Gasteiger partial charge in [-0.15, -0.1) is 0 Å². The largest absolute Gasteiger partial charge is 0.491 e. The van der Waals surface area contributed by atoms with Gasteiger partial charge in [0.2, 0.25) is 0 Å². The quantitative estimate of drug-likeness (QED) is 0.645. The molecule has 0 saturated carbocycles. The van der Waals surface area contributed by atoms with Crippen LogP contribution in [0.3, 0.4) is 0 Å². The number of nitrogens with zero attached hydrogens (tertiary/aromatic N) is 3. The van der Waals surface area contributed by atoms with E-state index < -0.39 is 5.69 Å². The van der Waals surface area contributed by atoms with E-state index in [9.17, 15) is 4.79 Å². The number of hydrazone groups is 1. The Hall–Kier alpha value is -2.70. The van der Waals surface area contributed by atoms with Crippen molar-refractivity contribution >= 4 is 12.0 Å². The van der Waals surface area contributed by atoms with E-state index in [-0.39, 0.29) is 6.10 Å². The summed E-state index contributed by atoms with van der Waals surface area (Å²) < 4.78 is 5.56. The molecule has 0 atom stereocenters. The number of hydrogen-bond acceptors (Lipinski definition) is 6. The summed E-state index contributed by atoms with van der Waals surface area (Å²) in [4.78, 5) is 14.8. The van der Waals surface area contributed by atoms with Crippen molar-refractivity contribution in [1.29, 1.82) is 0 Å². The molecule has 1 heterocycles. The van der Waals surface area contributed by atoms with Crippen LogP contribution in [0, 0.1) is 6.92 Å². The molecule has 7 nitrogen and oxygen atoms in total. The van der Waals surface area contributed by atoms with E-state index >= 15 is 0 Å². The lowest BCUT2D eigenvalue weighted by molar-refractivity contribution is 0.242. The normalized spacial score (nSPS) is 11.0. The van der Waals surface area contributed by atoms with Crippen LogP contribution in [0.25, 0.3) is 0 Å². The van der Waals surface area contributed by atoms with E-state index in [1.165, 1.54) is 0 Å². The fourth-order valence-corrected chi connectivity index (χ4v) is 1.57. The minimum Gasteiger partial charge on any atom is -0.491 e. The Bertz CT molecular complexity index is 677. The van der Waals surface area contributed by atoms with Gasteiger partial charge in [-0.05, 0) is 50.6 Å². The fraction of sp³-hybridized carbons (Fsp3) is 0.286. The fourth-order valence-electron chi connectivity index (χ4n) is 1.57. The lowest BCUT2D eigenvalue weighted by Crippen LogP contribution is -2.15. The van der Waals surface area contributed by atoms with Crippen LogP contribution in [-0.4, -0.2) is 27.5 Å². The second-order valence-corrected chi connectivity index (χ2v) is 4.68. The minimum absolute atomic E-state index is 0.143. The topological polar surface area (TPSA) is 92.3 Å². The molecule has 21 heavy (non-hydrogen) atoms. The number of ether oxygens (including phenoxy) is 1. The molecular weight excluding hydrogens is 270 g/mol. The first-order valence-electron chi connectivity index (χ1n) is 6.53. The summed E-state index contributed by atoms with van der Waals surface area (Å²) in [5.74, 6) is 1.14. The Balaban J connectivity index is 2.01. The van der Waals surface area contributed by atoms with E-state index in [2.05, 4.69) is 25.7 Å². The lowest BCUT2D eigenvalue weighted by atomic mass is 10.2. The molecule has 0 spiro atoms. The number of aromatic nitrogens is 3. The lowest BCUT2D eigenvalue weighted by Gasteiger charge is -2.09. The zero-order valence-electron chi connectivity index (χ0n) is 12.1.